The highest BCUT2D eigenvalue weighted by atomic mass is 35.5. The summed E-state index contributed by atoms with van der Waals surface area (Å²) in [6, 6.07) is 6.48. The number of nitrogens with zero attached hydrogens (tertiary/aromatic N) is 1. The molecule has 1 atom stereocenters. The lowest BCUT2D eigenvalue weighted by Gasteiger charge is -2.36. The van der Waals surface area contributed by atoms with E-state index in [9.17, 15) is 0 Å². The van der Waals surface area contributed by atoms with Crippen LogP contribution in [0.1, 0.15) is 24.4 Å². The first-order valence-electron chi connectivity index (χ1n) is 7.58. The molecule has 0 bridgehead atoms. The second-order valence-corrected chi connectivity index (χ2v) is 5.25. The summed E-state index contributed by atoms with van der Waals surface area (Å²) in [5.41, 5.74) is 1.21. The lowest BCUT2D eigenvalue weighted by Crippen LogP contribution is -2.45. The molecule has 1 aliphatic heterocycles. The highest BCUT2D eigenvalue weighted by Gasteiger charge is 2.25. The molecule has 1 saturated heterocycles. The summed E-state index contributed by atoms with van der Waals surface area (Å²) >= 11 is 0. The predicted molar refractivity (Wildman–Crippen MR) is 101 cm³/mol. The van der Waals surface area contributed by atoms with E-state index in [1.165, 1.54) is 5.56 Å². The minimum Gasteiger partial charge on any atom is -0.493 e. The SMILES string of the molecule is C=CCC[C@H](c1cccc(OC)c1OC)N1CCNCC1.Cl.Cl. The third kappa shape index (κ3) is 5.57. The largest absolute Gasteiger partial charge is 0.493 e. The number of rotatable bonds is 7. The lowest BCUT2D eigenvalue weighted by atomic mass is 9.98. The standard InChI is InChI=1S/C17H26N2O2.2ClH/c1-4-5-8-15(19-12-10-18-11-13-19)14-7-6-9-16(20-2)17(14)21-3;;/h4,6-7,9,15,18H,1,5,8,10-13H2,2-3H3;2*1H/t15-;;/m1../s1. The van der Waals surface area contributed by atoms with Crippen LogP contribution in [0.15, 0.2) is 30.9 Å². The summed E-state index contributed by atoms with van der Waals surface area (Å²) < 4.78 is 11.1. The quantitative estimate of drug-likeness (QED) is 0.753. The van der Waals surface area contributed by atoms with E-state index in [2.05, 4.69) is 22.9 Å². The summed E-state index contributed by atoms with van der Waals surface area (Å²) in [6.07, 6.45) is 4.03. The van der Waals surface area contributed by atoms with Gasteiger partial charge in [-0.05, 0) is 18.9 Å². The van der Waals surface area contributed by atoms with Gasteiger partial charge in [0.05, 0.1) is 14.2 Å². The molecule has 1 N–H and O–H groups in total. The summed E-state index contributed by atoms with van der Waals surface area (Å²) in [5, 5.41) is 3.41. The van der Waals surface area contributed by atoms with Crippen molar-refractivity contribution in [2.75, 3.05) is 40.4 Å². The van der Waals surface area contributed by atoms with Crippen molar-refractivity contribution in [3.63, 3.8) is 0 Å². The molecule has 0 spiro atoms. The number of allylic oxidation sites excluding steroid dienone is 1. The van der Waals surface area contributed by atoms with E-state index >= 15 is 0 Å². The van der Waals surface area contributed by atoms with Gasteiger partial charge in [0.2, 0.25) is 0 Å². The minimum absolute atomic E-state index is 0. The Morgan fingerprint density at radius 2 is 1.91 bits per heavy atom. The van der Waals surface area contributed by atoms with Crippen LogP contribution in [0.25, 0.3) is 0 Å². The molecule has 23 heavy (non-hydrogen) atoms. The summed E-state index contributed by atoms with van der Waals surface area (Å²) in [4.78, 5) is 2.53. The van der Waals surface area contributed by atoms with Gasteiger partial charge >= 0.3 is 0 Å². The fourth-order valence-corrected chi connectivity index (χ4v) is 2.98. The van der Waals surface area contributed by atoms with Crippen molar-refractivity contribution < 1.29 is 9.47 Å². The first kappa shape index (κ1) is 22.1. The van der Waals surface area contributed by atoms with Gasteiger partial charge in [-0.2, -0.15) is 0 Å². The van der Waals surface area contributed by atoms with E-state index in [4.69, 9.17) is 9.47 Å². The van der Waals surface area contributed by atoms with Gasteiger partial charge in [0.1, 0.15) is 0 Å². The van der Waals surface area contributed by atoms with Gasteiger partial charge in [-0.15, -0.1) is 31.4 Å². The molecule has 0 amide bonds. The first-order chi connectivity index (χ1) is 10.3. The number of hydrogen-bond acceptors (Lipinski definition) is 4. The smallest absolute Gasteiger partial charge is 0.165 e. The third-order valence-corrected chi connectivity index (χ3v) is 4.03. The maximum absolute atomic E-state index is 5.63. The summed E-state index contributed by atoms with van der Waals surface area (Å²) in [6.45, 7) is 8.05. The zero-order valence-electron chi connectivity index (χ0n) is 13.9. The molecule has 1 fully saturated rings. The van der Waals surface area contributed by atoms with Crippen molar-refractivity contribution in [1.82, 2.24) is 10.2 Å². The zero-order chi connectivity index (χ0) is 15.1. The van der Waals surface area contributed by atoms with Crippen LogP contribution in [0, 0.1) is 0 Å². The molecule has 1 aromatic rings. The minimum atomic E-state index is 0. The first-order valence-corrected chi connectivity index (χ1v) is 7.58. The fourth-order valence-electron chi connectivity index (χ4n) is 2.98. The highest BCUT2D eigenvalue weighted by Crippen LogP contribution is 2.38. The Kier molecular flexibility index (Phi) is 11.1. The van der Waals surface area contributed by atoms with Gasteiger partial charge in [0.15, 0.2) is 11.5 Å². The normalized spacial score (nSPS) is 15.7. The van der Waals surface area contributed by atoms with Crippen molar-refractivity contribution in [3.05, 3.63) is 36.4 Å². The molecular formula is C17H28Cl2N2O2. The van der Waals surface area contributed by atoms with Gasteiger partial charge in [-0.1, -0.05) is 18.2 Å². The number of nitrogens with one attached hydrogen (secondary N) is 1. The van der Waals surface area contributed by atoms with Gasteiger partial charge in [-0.25, -0.2) is 0 Å². The molecule has 6 heteroatoms. The fraction of sp³-hybridized carbons (Fsp3) is 0.529. The highest BCUT2D eigenvalue weighted by molar-refractivity contribution is 5.85. The Morgan fingerprint density at radius 1 is 1.22 bits per heavy atom. The Balaban J connectivity index is 0.00000242. The van der Waals surface area contributed by atoms with Crippen molar-refractivity contribution >= 4 is 24.8 Å². The van der Waals surface area contributed by atoms with Crippen LogP contribution >= 0.6 is 24.8 Å². The van der Waals surface area contributed by atoms with Gasteiger partial charge in [0, 0.05) is 37.8 Å². The lowest BCUT2D eigenvalue weighted by molar-refractivity contribution is 0.163. The zero-order valence-corrected chi connectivity index (χ0v) is 15.5. The molecule has 1 aromatic carbocycles. The summed E-state index contributed by atoms with van der Waals surface area (Å²) in [7, 11) is 3.40. The Bertz CT molecular complexity index is 466. The second kappa shape index (κ2) is 11.6. The Labute approximate surface area is 152 Å². The van der Waals surface area contributed by atoms with Crippen LogP contribution in [0.2, 0.25) is 0 Å². The number of para-hydroxylation sites is 1. The van der Waals surface area contributed by atoms with E-state index in [1.54, 1.807) is 14.2 Å². The van der Waals surface area contributed by atoms with Crippen molar-refractivity contribution in [2.24, 2.45) is 0 Å². The van der Waals surface area contributed by atoms with E-state index in [0.717, 1.165) is 50.5 Å². The molecule has 0 aliphatic carbocycles. The predicted octanol–water partition coefficient (Wildman–Crippen LogP) is 3.46. The van der Waals surface area contributed by atoms with Crippen LogP contribution in [-0.2, 0) is 0 Å². The molecular weight excluding hydrogens is 335 g/mol. The molecule has 132 valence electrons. The second-order valence-electron chi connectivity index (χ2n) is 5.25. The number of ether oxygens (including phenoxy) is 2. The summed E-state index contributed by atoms with van der Waals surface area (Å²) in [5.74, 6) is 1.65. The molecule has 0 unspecified atom stereocenters. The van der Waals surface area contributed by atoms with E-state index < -0.39 is 0 Å². The number of halogens is 2. The third-order valence-electron chi connectivity index (χ3n) is 4.03. The maximum atomic E-state index is 5.63. The van der Waals surface area contributed by atoms with Crippen LogP contribution in [-0.4, -0.2) is 45.3 Å². The monoisotopic (exact) mass is 362 g/mol. The molecule has 2 rings (SSSR count). The molecule has 0 radical (unpaired) electrons. The number of piperazine rings is 1. The number of methoxy groups -OCH3 is 2. The van der Waals surface area contributed by atoms with Crippen molar-refractivity contribution in [1.29, 1.82) is 0 Å². The van der Waals surface area contributed by atoms with Crippen LogP contribution < -0.4 is 14.8 Å². The van der Waals surface area contributed by atoms with Crippen molar-refractivity contribution in [2.45, 2.75) is 18.9 Å². The van der Waals surface area contributed by atoms with Gasteiger partial charge in [0.25, 0.3) is 0 Å². The average Bonchev–Trinajstić information content (AvgIpc) is 2.55. The molecule has 1 aliphatic rings. The van der Waals surface area contributed by atoms with E-state index in [1.807, 2.05) is 18.2 Å². The van der Waals surface area contributed by atoms with E-state index in [-0.39, 0.29) is 24.8 Å². The topological polar surface area (TPSA) is 33.7 Å². The van der Waals surface area contributed by atoms with E-state index in [0.29, 0.717) is 6.04 Å². The molecule has 4 nitrogen and oxygen atoms in total. The van der Waals surface area contributed by atoms with Crippen molar-refractivity contribution in [3.8, 4) is 11.5 Å². The Hall–Kier alpha value is -0.940. The number of benzene rings is 1. The van der Waals surface area contributed by atoms with Crippen LogP contribution in [0.3, 0.4) is 0 Å². The molecule has 0 aromatic heterocycles. The molecule has 1 heterocycles. The average molecular weight is 363 g/mol. The maximum Gasteiger partial charge on any atom is 0.165 e. The number of hydrogen-bond donors (Lipinski definition) is 1. The molecule has 0 saturated carbocycles. The van der Waals surface area contributed by atoms with Gasteiger partial charge in [-0.3, -0.25) is 4.90 Å². The van der Waals surface area contributed by atoms with Gasteiger partial charge < -0.3 is 14.8 Å². The van der Waals surface area contributed by atoms with Crippen LogP contribution in [0.4, 0.5) is 0 Å². The Morgan fingerprint density at radius 3 is 2.48 bits per heavy atom. The van der Waals surface area contributed by atoms with Crippen LogP contribution in [0.5, 0.6) is 11.5 Å².